The molecule has 9 nitrogen and oxygen atoms in total. The molecule has 0 fully saturated rings. The molecule has 0 bridgehead atoms. The van der Waals surface area contributed by atoms with Crippen LogP contribution in [0.4, 0.5) is 16.2 Å². The molecule has 0 atom stereocenters. The highest BCUT2D eigenvalue weighted by Gasteiger charge is 2.17. The molecule has 148 valence electrons. The van der Waals surface area contributed by atoms with Gasteiger partial charge < -0.3 is 10.6 Å². The minimum atomic E-state index is -0.397. The van der Waals surface area contributed by atoms with E-state index in [9.17, 15) is 4.79 Å². The third kappa shape index (κ3) is 3.77. The SMILES string of the molecule is Cc1cn2ncc(NC(=O)Nc3ccc(-n4cncn4)c(Cl)c3)c(C(C)C)c2n1. The topological polar surface area (TPSA) is 102 Å². The summed E-state index contributed by atoms with van der Waals surface area (Å²) in [5.74, 6) is 0.147. The van der Waals surface area contributed by atoms with Crippen molar-refractivity contribution in [3.8, 4) is 5.69 Å². The number of nitrogens with one attached hydrogen (secondary N) is 2. The van der Waals surface area contributed by atoms with Crippen molar-refractivity contribution in [3.05, 3.63) is 59.5 Å². The molecular weight excluding hydrogens is 392 g/mol. The zero-order valence-electron chi connectivity index (χ0n) is 16.1. The van der Waals surface area contributed by atoms with E-state index in [1.54, 1.807) is 39.9 Å². The van der Waals surface area contributed by atoms with Gasteiger partial charge in [-0.1, -0.05) is 25.4 Å². The molecule has 0 aliphatic carbocycles. The Morgan fingerprint density at radius 1 is 1.21 bits per heavy atom. The van der Waals surface area contributed by atoms with Crippen LogP contribution < -0.4 is 10.6 Å². The Hall–Kier alpha value is -3.46. The number of urea groups is 1. The summed E-state index contributed by atoms with van der Waals surface area (Å²) in [6.45, 7) is 6.00. The van der Waals surface area contributed by atoms with Crippen molar-refractivity contribution in [2.24, 2.45) is 0 Å². The van der Waals surface area contributed by atoms with Crippen molar-refractivity contribution in [3.63, 3.8) is 0 Å². The van der Waals surface area contributed by atoms with Gasteiger partial charge in [-0.25, -0.2) is 24.0 Å². The molecule has 0 unspecified atom stereocenters. The first-order valence-corrected chi connectivity index (χ1v) is 9.37. The molecule has 0 aliphatic rings. The third-order valence-electron chi connectivity index (χ3n) is 4.35. The summed E-state index contributed by atoms with van der Waals surface area (Å²) >= 11 is 6.32. The lowest BCUT2D eigenvalue weighted by atomic mass is 10.0. The number of benzene rings is 1. The van der Waals surface area contributed by atoms with Crippen LogP contribution in [0.1, 0.15) is 31.0 Å². The largest absolute Gasteiger partial charge is 0.323 e. The number of hydrogen-bond donors (Lipinski definition) is 2. The molecule has 4 rings (SSSR count). The molecule has 2 amide bonds. The number of carbonyl (C=O) groups excluding carboxylic acids is 1. The van der Waals surface area contributed by atoms with Crippen LogP contribution in [-0.2, 0) is 0 Å². The molecule has 4 aromatic rings. The summed E-state index contributed by atoms with van der Waals surface area (Å²) in [5, 5.41) is 14.5. The number of hydrogen-bond acceptors (Lipinski definition) is 5. The van der Waals surface area contributed by atoms with Gasteiger partial charge in [0.1, 0.15) is 12.7 Å². The summed E-state index contributed by atoms with van der Waals surface area (Å²) in [7, 11) is 0. The van der Waals surface area contributed by atoms with Crippen LogP contribution in [0, 0.1) is 6.92 Å². The molecule has 2 N–H and O–H groups in total. The number of nitrogens with zero attached hydrogens (tertiary/aromatic N) is 6. The maximum absolute atomic E-state index is 12.6. The minimum absolute atomic E-state index is 0.147. The smallest absolute Gasteiger partial charge is 0.308 e. The Bertz CT molecular complexity index is 1180. The summed E-state index contributed by atoms with van der Waals surface area (Å²) in [5.41, 5.74) is 4.34. The predicted octanol–water partition coefficient (Wildman–Crippen LogP) is 4.04. The van der Waals surface area contributed by atoms with Gasteiger partial charge in [0.05, 0.1) is 34.5 Å². The second-order valence-corrected chi connectivity index (χ2v) is 7.27. The second kappa shape index (κ2) is 7.51. The van der Waals surface area contributed by atoms with Crippen LogP contribution in [0.5, 0.6) is 0 Å². The van der Waals surface area contributed by atoms with Crippen molar-refractivity contribution >= 4 is 34.7 Å². The molecule has 10 heteroatoms. The van der Waals surface area contributed by atoms with E-state index in [1.165, 1.54) is 6.33 Å². The number of rotatable bonds is 4. The number of halogens is 1. The summed E-state index contributed by atoms with van der Waals surface area (Å²) in [4.78, 5) is 21.0. The highest BCUT2D eigenvalue weighted by molar-refractivity contribution is 6.32. The van der Waals surface area contributed by atoms with Gasteiger partial charge in [-0.15, -0.1) is 0 Å². The summed E-state index contributed by atoms with van der Waals surface area (Å²) in [6, 6.07) is 4.75. The standard InChI is InChI=1S/C19H19ClN8O/c1-11(2)17-15(7-22-27-8-12(3)24-18(17)27)26-19(29)25-13-4-5-16(14(20)6-13)28-10-21-9-23-28/h4-11H,1-3H3,(H2,25,26,29). The molecule has 0 aliphatic heterocycles. The number of carbonyl (C=O) groups is 1. The van der Waals surface area contributed by atoms with E-state index < -0.39 is 6.03 Å². The number of amides is 2. The van der Waals surface area contributed by atoms with E-state index in [2.05, 4.69) is 30.8 Å². The molecule has 0 radical (unpaired) electrons. The van der Waals surface area contributed by atoms with Crippen molar-refractivity contribution in [2.75, 3.05) is 10.6 Å². The zero-order valence-corrected chi connectivity index (χ0v) is 16.8. The van der Waals surface area contributed by atoms with Crippen LogP contribution in [-0.4, -0.2) is 35.4 Å². The second-order valence-electron chi connectivity index (χ2n) is 6.86. The average Bonchev–Trinajstić information content (AvgIpc) is 3.30. The Labute approximate surface area is 171 Å². The van der Waals surface area contributed by atoms with Gasteiger partial charge in [0.2, 0.25) is 0 Å². The number of aromatic nitrogens is 6. The van der Waals surface area contributed by atoms with E-state index in [4.69, 9.17) is 11.6 Å². The van der Waals surface area contributed by atoms with Gasteiger partial charge in [-0.2, -0.15) is 10.2 Å². The molecule has 29 heavy (non-hydrogen) atoms. The van der Waals surface area contributed by atoms with Gasteiger partial charge >= 0.3 is 6.03 Å². The monoisotopic (exact) mass is 410 g/mol. The summed E-state index contributed by atoms with van der Waals surface area (Å²) < 4.78 is 3.27. The van der Waals surface area contributed by atoms with Crippen molar-refractivity contribution < 1.29 is 4.79 Å². The fraction of sp³-hybridized carbons (Fsp3) is 0.211. The van der Waals surface area contributed by atoms with Crippen molar-refractivity contribution in [1.82, 2.24) is 29.4 Å². The number of imidazole rings is 1. The highest BCUT2D eigenvalue weighted by atomic mass is 35.5. The van der Waals surface area contributed by atoms with E-state index >= 15 is 0 Å². The van der Waals surface area contributed by atoms with Crippen LogP contribution in [0.25, 0.3) is 11.3 Å². The van der Waals surface area contributed by atoms with Gasteiger partial charge in [0.15, 0.2) is 5.65 Å². The molecule has 3 heterocycles. The normalized spacial score (nSPS) is 11.2. The molecular formula is C19H19ClN8O. The summed E-state index contributed by atoms with van der Waals surface area (Å²) in [6.07, 6.45) is 6.46. The lowest BCUT2D eigenvalue weighted by Gasteiger charge is -2.15. The zero-order chi connectivity index (χ0) is 20.5. The molecule has 3 aromatic heterocycles. The highest BCUT2D eigenvalue weighted by Crippen LogP contribution is 2.28. The first-order valence-electron chi connectivity index (χ1n) is 9.00. The first kappa shape index (κ1) is 18.9. The minimum Gasteiger partial charge on any atom is -0.308 e. The van der Waals surface area contributed by atoms with Crippen LogP contribution in [0.15, 0.2) is 43.2 Å². The number of fused-ring (bicyclic) bond motifs is 1. The van der Waals surface area contributed by atoms with Crippen LogP contribution in [0.3, 0.4) is 0 Å². The maximum Gasteiger partial charge on any atom is 0.323 e. The average molecular weight is 411 g/mol. The van der Waals surface area contributed by atoms with Gasteiger partial charge in [-0.05, 0) is 31.0 Å². The third-order valence-corrected chi connectivity index (χ3v) is 4.65. The quantitative estimate of drug-likeness (QED) is 0.528. The molecule has 0 saturated carbocycles. The Morgan fingerprint density at radius 3 is 2.72 bits per heavy atom. The van der Waals surface area contributed by atoms with Crippen molar-refractivity contribution in [2.45, 2.75) is 26.7 Å². The van der Waals surface area contributed by atoms with Crippen LogP contribution in [0.2, 0.25) is 5.02 Å². The lowest BCUT2D eigenvalue weighted by molar-refractivity contribution is 0.262. The van der Waals surface area contributed by atoms with E-state index in [-0.39, 0.29) is 5.92 Å². The predicted molar refractivity (Wildman–Crippen MR) is 111 cm³/mol. The van der Waals surface area contributed by atoms with Gasteiger partial charge in [-0.3, -0.25) is 0 Å². The van der Waals surface area contributed by atoms with Gasteiger partial charge in [0, 0.05) is 11.3 Å². The van der Waals surface area contributed by atoms with Crippen LogP contribution >= 0.6 is 11.6 Å². The lowest BCUT2D eigenvalue weighted by Crippen LogP contribution is -2.21. The fourth-order valence-corrected chi connectivity index (χ4v) is 3.39. The van der Waals surface area contributed by atoms with E-state index in [0.29, 0.717) is 22.1 Å². The fourth-order valence-electron chi connectivity index (χ4n) is 3.12. The first-order chi connectivity index (χ1) is 13.9. The Morgan fingerprint density at radius 2 is 2.03 bits per heavy atom. The Kier molecular flexibility index (Phi) is 4.89. The molecule has 0 saturated heterocycles. The Balaban J connectivity index is 1.56. The molecule has 0 spiro atoms. The van der Waals surface area contributed by atoms with E-state index in [1.807, 2.05) is 27.0 Å². The molecule has 1 aromatic carbocycles. The number of anilines is 2. The van der Waals surface area contributed by atoms with E-state index in [0.717, 1.165) is 16.9 Å². The van der Waals surface area contributed by atoms with Gasteiger partial charge in [0.25, 0.3) is 0 Å². The van der Waals surface area contributed by atoms with Crippen molar-refractivity contribution in [1.29, 1.82) is 0 Å². The number of aryl methyl sites for hydroxylation is 1. The maximum atomic E-state index is 12.6.